The van der Waals surface area contributed by atoms with Crippen molar-refractivity contribution in [3.63, 3.8) is 0 Å². The van der Waals surface area contributed by atoms with Gasteiger partial charge in [0.05, 0.1) is 0 Å². The van der Waals surface area contributed by atoms with Crippen LogP contribution >= 0.6 is 11.6 Å². The Balaban J connectivity index is 2.29. The van der Waals surface area contributed by atoms with E-state index >= 15 is 0 Å². The number of rotatable bonds is 4. The maximum absolute atomic E-state index is 13.7. The van der Waals surface area contributed by atoms with Crippen molar-refractivity contribution < 1.29 is 8.78 Å². The Kier molecular flexibility index (Phi) is 4.51. The summed E-state index contributed by atoms with van der Waals surface area (Å²) in [6.45, 7) is 0.272. The van der Waals surface area contributed by atoms with Gasteiger partial charge in [0, 0.05) is 10.9 Å². The maximum Gasteiger partial charge on any atom is 0.126 e. The van der Waals surface area contributed by atoms with E-state index in [-0.39, 0.29) is 24.1 Å². The average Bonchev–Trinajstić information content (AvgIpc) is 2.41. The molecule has 0 amide bonds. The lowest BCUT2D eigenvalue weighted by molar-refractivity contribution is 0.574. The van der Waals surface area contributed by atoms with Crippen LogP contribution in [0.1, 0.15) is 17.0 Å². The zero-order valence-electron chi connectivity index (χ0n) is 10.2. The summed E-state index contributed by atoms with van der Waals surface area (Å²) in [5.41, 5.74) is 6.88. The minimum absolute atomic E-state index is 0.222. The number of halogens is 3. The standard InChI is InChI=1S/C15H14ClF2N/c16-14-6-5-12(17)8-10(14)7-11(9-19)13-3-1-2-4-15(13)18/h1-6,8,11H,7,9,19H2. The average molecular weight is 282 g/mol. The number of hydrogen-bond donors (Lipinski definition) is 1. The molecule has 0 saturated carbocycles. The zero-order chi connectivity index (χ0) is 13.8. The highest BCUT2D eigenvalue weighted by Crippen LogP contribution is 2.26. The van der Waals surface area contributed by atoms with E-state index in [4.69, 9.17) is 17.3 Å². The highest BCUT2D eigenvalue weighted by molar-refractivity contribution is 6.31. The lowest BCUT2D eigenvalue weighted by Crippen LogP contribution is -2.16. The molecular formula is C15H14ClF2N. The highest BCUT2D eigenvalue weighted by Gasteiger charge is 2.16. The molecule has 100 valence electrons. The SMILES string of the molecule is NCC(Cc1cc(F)ccc1Cl)c1ccccc1F. The third-order valence-corrected chi connectivity index (χ3v) is 3.47. The first kappa shape index (κ1) is 14.0. The van der Waals surface area contributed by atoms with E-state index in [0.29, 0.717) is 22.6 Å². The van der Waals surface area contributed by atoms with E-state index in [9.17, 15) is 8.78 Å². The molecule has 1 nitrogen and oxygen atoms in total. The number of nitrogens with two attached hydrogens (primary N) is 1. The van der Waals surface area contributed by atoms with Crippen LogP contribution in [0.4, 0.5) is 8.78 Å². The Morgan fingerprint density at radius 3 is 2.53 bits per heavy atom. The van der Waals surface area contributed by atoms with Gasteiger partial charge >= 0.3 is 0 Å². The van der Waals surface area contributed by atoms with Crippen molar-refractivity contribution in [3.8, 4) is 0 Å². The minimum atomic E-state index is -0.358. The second-order valence-corrected chi connectivity index (χ2v) is 4.80. The Hall–Kier alpha value is -1.45. The first-order valence-electron chi connectivity index (χ1n) is 6.00. The van der Waals surface area contributed by atoms with Crippen molar-refractivity contribution in [3.05, 3.63) is 70.2 Å². The fourth-order valence-corrected chi connectivity index (χ4v) is 2.29. The summed E-state index contributed by atoms with van der Waals surface area (Å²) in [6.07, 6.45) is 0.411. The first-order chi connectivity index (χ1) is 9.11. The largest absolute Gasteiger partial charge is 0.330 e. The van der Waals surface area contributed by atoms with Crippen LogP contribution in [-0.4, -0.2) is 6.54 Å². The summed E-state index contributed by atoms with van der Waals surface area (Å²) in [4.78, 5) is 0. The van der Waals surface area contributed by atoms with Gasteiger partial charge in [0.15, 0.2) is 0 Å². The Bertz CT molecular complexity index is 572. The molecule has 2 aromatic carbocycles. The molecule has 2 aromatic rings. The van der Waals surface area contributed by atoms with Crippen molar-refractivity contribution >= 4 is 11.6 Å². The summed E-state index contributed by atoms with van der Waals surface area (Å²) < 4.78 is 27.0. The predicted molar refractivity (Wildman–Crippen MR) is 73.3 cm³/mol. The molecule has 2 rings (SSSR count). The zero-order valence-corrected chi connectivity index (χ0v) is 11.0. The second-order valence-electron chi connectivity index (χ2n) is 4.39. The minimum Gasteiger partial charge on any atom is -0.330 e. The molecule has 4 heteroatoms. The van der Waals surface area contributed by atoms with E-state index in [0.717, 1.165) is 0 Å². The molecule has 0 saturated heterocycles. The lowest BCUT2D eigenvalue weighted by atomic mass is 9.91. The summed E-state index contributed by atoms with van der Waals surface area (Å²) in [7, 11) is 0. The summed E-state index contributed by atoms with van der Waals surface area (Å²) in [5.74, 6) is -0.880. The smallest absolute Gasteiger partial charge is 0.126 e. The molecule has 0 aromatic heterocycles. The molecule has 0 fully saturated rings. The van der Waals surface area contributed by atoms with Gasteiger partial charge in [-0.1, -0.05) is 29.8 Å². The van der Waals surface area contributed by atoms with Crippen LogP contribution < -0.4 is 5.73 Å². The quantitative estimate of drug-likeness (QED) is 0.904. The van der Waals surface area contributed by atoms with Crippen molar-refractivity contribution in [2.75, 3.05) is 6.54 Å². The van der Waals surface area contributed by atoms with Crippen LogP contribution in [0.5, 0.6) is 0 Å². The second kappa shape index (κ2) is 6.13. The van der Waals surface area contributed by atoms with Gasteiger partial charge in [-0.15, -0.1) is 0 Å². The molecule has 19 heavy (non-hydrogen) atoms. The topological polar surface area (TPSA) is 26.0 Å². The van der Waals surface area contributed by atoms with Gasteiger partial charge in [0.25, 0.3) is 0 Å². The van der Waals surface area contributed by atoms with Gasteiger partial charge in [0.1, 0.15) is 11.6 Å². The van der Waals surface area contributed by atoms with Crippen molar-refractivity contribution in [1.82, 2.24) is 0 Å². The van der Waals surface area contributed by atoms with Gasteiger partial charge < -0.3 is 5.73 Å². The Labute approximate surface area is 116 Å². The van der Waals surface area contributed by atoms with E-state index in [1.54, 1.807) is 18.2 Å². The molecular weight excluding hydrogens is 268 g/mol. The predicted octanol–water partition coefficient (Wildman–Crippen LogP) is 3.90. The molecule has 1 atom stereocenters. The summed E-state index contributed by atoms with van der Waals surface area (Å²) >= 11 is 6.02. The Morgan fingerprint density at radius 2 is 1.84 bits per heavy atom. The summed E-state index contributed by atoms with van der Waals surface area (Å²) in [5, 5.41) is 0.469. The molecule has 0 radical (unpaired) electrons. The van der Waals surface area contributed by atoms with Gasteiger partial charge in [0.2, 0.25) is 0 Å². The molecule has 0 aliphatic carbocycles. The number of benzene rings is 2. The summed E-state index contributed by atoms with van der Waals surface area (Å²) in [6, 6.07) is 10.6. The molecule has 2 N–H and O–H groups in total. The maximum atomic E-state index is 13.7. The van der Waals surface area contributed by atoms with Gasteiger partial charge in [-0.25, -0.2) is 8.78 Å². The van der Waals surface area contributed by atoms with E-state index < -0.39 is 0 Å². The van der Waals surface area contributed by atoms with Crippen molar-refractivity contribution in [2.45, 2.75) is 12.3 Å². The monoisotopic (exact) mass is 281 g/mol. The van der Waals surface area contributed by atoms with E-state index in [2.05, 4.69) is 0 Å². The van der Waals surface area contributed by atoms with Crippen LogP contribution in [-0.2, 0) is 6.42 Å². The van der Waals surface area contributed by atoms with Crippen LogP contribution in [0, 0.1) is 11.6 Å². The third-order valence-electron chi connectivity index (χ3n) is 3.10. The third kappa shape index (κ3) is 3.31. The van der Waals surface area contributed by atoms with E-state index in [1.165, 1.54) is 24.3 Å². The van der Waals surface area contributed by atoms with Crippen LogP contribution in [0.15, 0.2) is 42.5 Å². The van der Waals surface area contributed by atoms with Crippen LogP contribution in [0.25, 0.3) is 0 Å². The van der Waals surface area contributed by atoms with E-state index in [1.807, 2.05) is 0 Å². The van der Waals surface area contributed by atoms with Gasteiger partial charge in [-0.2, -0.15) is 0 Å². The fourth-order valence-electron chi connectivity index (χ4n) is 2.09. The number of hydrogen-bond acceptors (Lipinski definition) is 1. The van der Waals surface area contributed by atoms with Crippen molar-refractivity contribution in [2.24, 2.45) is 5.73 Å². The van der Waals surface area contributed by atoms with Crippen LogP contribution in [0.2, 0.25) is 5.02 Å². The molecule has 0 heterocycles. The molecule has 0 spiro atoms. The normalized spacial score (nSPS) is 12.4. The molecule has 0 bridgehead atoms. The molecule has 1 unspecified atom stereocenters. The Morgan fingerprint density at radius 1 is 1.11 bits per heavy atom. The van der Waals surface area contributed by atoms with Crippen LogP contribution in [0.3, 0.4) is 0 Å². The lowest BCUT2D eigenvalue weighted by Gasteiger charge is -2.17. The first-order valence-corrected chi connectivity index (χ1v) is 6.38. The van der Waals surface area contributed by atoms with Gasteiger partial charge in [-0.05, 0) is 48.4 Å². The highest BCUT2D eigenvalue weighted by atomic mass is 35.5. The molecule has 0 aliphatic rings. The molecule has 0 aliphatic heterocycles. The fraction of sp³-hybridized carbons (Fsp3) is 0.200. The van der Waals surface area contributed by atoms with Gasteiger partial charge in [-0.3, -0.25) is 0 Å². The van der Waals surface area contributed by atoms with Crippen molar-refractivity contribution in [1.29, 1.82) is 0 Å².